The fourth-order valence-corrected chi connectivity index (χ4v) is 5.89. The zero-order valence-corrected chi connectivity index (χ0v) is 21.2. The van der Waals surface area contributed by atoms with Gasteiger partial charge in [0.2, 0.25) is 0 Å². The Labute approximate surface area is 221 Å². The molecule has 1 aliphatic rings. The van der Waals surface area contributed by atoms with E-state index in [0.29, 0.717) is 11.1 Å². The Morgan fingerprint density at radius 2 is 0.868 bits per heavy atom. The van der Waals surface area contributed by atoms with Gasteiger partial charge in [-0.3, -0.25) is 9.59 Å². The van der Waals surface area contributed by atoms with Crippen molar-refractivity contribution in [2.24, 2.45) is 0 Å². The normalized spacial score (nSPS) is 20.2. The molecule has 1 aliphatic carbocycles. The van der Waals surface area contributed by atoms with Crippen LogP contribution in [0, 0.1) is 0 Å². The van der Waals surface area contributed by atoms with Crippen LogP contribution in [0.2, 0.25) is 0 Å². The Kier molecular flexibility index (Phi) is 5.61. The molecule has 38 heavy (non-hydrogen) atoms. The van der Waals surface area contributed by atoms with Gasteiger partial charge in [-0.1, -0.05) is 97.1 Å². The van der Waals surface area contributed by atoms with Gasteiger partial charge in [-0.25, -0.2) is 0 Å². The molecule has 0 aromatic heterocycles. The quantitative estimate of drug-likeness (QED) is 0.162. The second-order valence-corrected chi connectivity index (χ2v) is 9.61. The van der Waals surface area contributed by atoms with Crippen LogP contribution >= 0.6 is 0 Å². The lowest BCUT2D eigenvalue weighted by Crippen LogP contribution is -2.47. The third-order valence-corrected chi connectivity index (χ3v) is 7.75. The van der Waals surface area contributed by atoms with Crippen molar-refractivity contribution in [2.45, 2.75) is 10.8 Å². The summed E-state index contributed by atoms with van der Waals surface area (Å²) in [6, 6.07) is 35.6. The molecule has 0 N–H and O–H groups in total. The molecule has 0 radical (unpaired) electrons. The molecule has 5 aromatic rings. The van der Waals surface area contributed by atoms with Crippen molar-refractivity contribution in [1.82, 2.24) is 0 Å². The van der Waals surface area contributed by atoms with Crippen LogP contribution in [0.5, 0.6) is 0 Å². The first kappa shape index (κ1) is 23.7. The van der Waals surface area contributed by atoms with Crippen LogP contribution in [0.4, 0.5) is 0 Å². The first-order valence-electron chi connectivity index (χ1n) is 12.5. The highest BCUT2D eigenvalue weighted by atomic mass is 16.5. The van der Waals surface area contributed by atoms with Gasteiger partial charge in [0.1, 0.15) is 10.8 Å². The van der Waals surface area contributed by atoms with Gasteiger partial charge in [-0.15, -0.1) is 0 Å². The van der Waals surface area contributed by atoms with Gasteiger partial charge in [-0.2, -0.15) is 0 Å². The van der Waals surface area contributed by atoms with Crippen LogP contribution in [-0.2, 0) is 29.9 Å². The van der Waals surface area contributed by atoms with Gasteiger partial charge in [0.15, 0.2) is 0 Å². The highest BCUT2D eigenvalue weighted by Crippen LogP contribution is 2.50. The van der Waals surface area contributed by atoms with Crippen LogP contribution in [-0.4, -0.2) is 26.2 Å². The fraction of sp³-hybridized carbons (Fsp3) is 0.118. The Hall–Kier alpha value is -4.70. The van der Waals surface area contributed by atoms with Gasteiger partial charge in [0, 0.05) is 0 Å². The van der Waals surface area contributed by atoms with E-state index in [-0.39, 0.29) is 0 Å². The molecule has 5 aromatic carbocycles. The van der Waals surface area contributed by atoms with E-state index in [0.717, 1.165) is 32.7 Å². The number of benzene rings is 5. The zero-order valence-electron chi connectivity index (χ0n) is 21.2. The van der Waals surface area contributed by atoms with Crippen LogP contribution in [0.25, 0.3) is 21.5 Å². The molecule has 0 bridgehead atoms. The molecule has 4 nitrogen and oxygen atoms in total. The van der Waals surface area contributed by atoms with Crippen molar-refractivity contribution < 1.29 is 19.1 Å². The summed E-state index contributed by atoms with van der Waals surface area (Å²) in [4.78, 5) is 27.6. The number of ether oxygens (including phenoxy) is 2. The third-order valence-electron chi connectivity index (χ3n) is 7.75. The van der Waals surface area contributed by atoms with E-state index < -0.39 is 22.8 Å². The molecule has 6 rings (SSSR count). The monoisotopic (exact) mass is 498 g/mol. The minimum atomic E-state index is -1.25. The number of rotatable bonds is 4. The van der Waals surface area contributed by atoms with Crippen LogP contribution in [0.3, 0.4) is 0 Å². The zero-order chi connectivity index (χ0) is 26.3. The van der Waals surface area contributed by atoms with Crippen LogP contribution < -0.4 is 0 Å². The summed E-state index contributed by atoms with van der Waals surface area (Å²) in [5, 5.41) is 4.12. The maximum Gasteiger partial charge on any atom is 0.324 e. The molecule has 2 unspecified atom stereocenters. The summed E-state index contributed by atoms with van der Waals surface area (Å²) < 4.78 is 10.9. The number of hydrogen-bond acceptors (Lipinski definition) is 4. The average Bonchev–Trinajstić information content (AvgIpc) is 2.98. The SMILES string of the molecule is COC(=O)C1(c2ccccc2)C=CC(C(=O)OC)(c2ccccc2)c2cc3cc4ccccc4cc3cc21. The summed E-state index contributed by atoms with van der Waals surface area (Å²) in [5.41, 5.74) is 0.395. The molecule has 4 heteroatoms. The molecule has 0 spiro atoms. The molecular weight excluding hydrogens is 472 g/mol. The highest BCUT2D eigenvalue weighted by Gasteiger charge is 2.53. The standard InChI is InChI=1S/C34H26O4/c1-37-31(35)33(27-13-5-3-6-14-27)17-18-34(32(36)38-2,28-15-7-4-8-16-28)30-22-26-20-24-12-10-9-11-23(24)19-25(26)21-29(30)33/h3-22H,1-2H3. The summed E-state index contributed by atoms with van der Waals surface area (Å²) in [5.74, 6) is -0.847. The second kappa shape index (κ2) is 9.00. The Balaban J connectivity index is 1.80. The largest absolute Gasteiger partial charge is 0.468 e. The summed E-state index contributed by atoms with van der Waals surface area (Å²) >= 11 is 0. The Bertz CT molecular complexity index is 1590. The van der Waals surface area contributed by atoms with Crippen molar-refractivity contribution >= 4 is 33.5 Å². The van der Waals surface area contributed by atoms with Crippen LogP contribution in [0.1, 0.15) is 22.3 Å². The van der Waals surface area contributed by atoms with Gasteiger partial charge < -0.3 is 9.47 Å². The maximum atomic E-state index is 13.8. The second-order valence-electron chi connectivity index (χ2n) is 9.61. The van der Waals surface area contributed by atoms with Crippen molar-refractivity contribution in [1.29, 1.82) is 0 Å². The Morgan fingerprint density at radius 3 is 1.24 bits per heavy atom. The molecule has 0 aliphatic heterocycles. The maximum absolute atomic E-state index is 13.8. The van der Waals surface area contributed by atoms with Crippen molar-refractivity contribution in [2.75, 3.05) is 14.2 Å². The summed E-state index contributed by atoms with van der Waals surface area (Å²) in [7, 11) is 2.79. The van der Waals surface area contributed by atoms with Gasteiger partial charge in [0.25, 0.3) is 0 Å². The first-order valence-corrected chi connectivity index (χ1v) is 12.5. The highest BCUT2D eigenvalue weighted by molar-refractivity contribution is 6.04. The van der Waals surface area contributed by atoms with E-state index in [2.05, 4.69) is 24.3 Å². The van der Waals surface area contributed by atoms with Crippen molar-refractivity contribution in [3.8, 4) is 0 Å². The number of esters is 2. The minimum absolute atomic E-state index is 0.423. The molecule has 2 atom stereocenters. The van der Waals surface area contributed by atoms with Gasteiger partial charge in [0.05, 0.1) is 14.2 Å². The summed E-state index contributed by atoms with van der Waals surface area (Å²) in [6.07, 6.45) is 3.63. The van der Waals surface area contributed by atoms with E-state index in [1.165, 1.54) is 14.2 Å². The molecular formula is C34H26O4. The fourth-order valence-electron chi connectivity index (χ4n) is 5.89. The molecule has 0 amide bonds. The lowest BCUT2D eigenvalue weighted by atomic mass is 9.60. The molecule has 0 heterocycles. The number of hydrogen-bond donors (Lipinski definition) is 0. The number of carbonyl (C=O) groups excluding carboxylic acids is 2. The molecule has 186 valence electrons. The predicted molar refractivity (Wildman–Crippen MR) is 149 cm³/mol. The smallest absolute Gasteiger partial charge is 0.324 e. The third kappa shape index (κ3) is 3.30. The van der Waals surface area contributed by atoms with Crippen LogP contribution in [0.15, 0.2) is 121 Å². The van der Waals surface area contributed by atoms with E-state index in [9.17, 15) is 9.59 Å². The van der Waals surface area contributed by atoms with Crippen molar-refractivity contribution in [3.05, 3.63) is 144 Å². The van der Waals surface area contributed by atoms with E-state index in [1.54, 1.807) is 0 Å². The number of methoxy groups -OCH3 is 2. The minimum Gasteiger partial charge on any atom is -0.468 e. The number of fused-ring (bicyclic) bond motifs is 3. The lowest BCUT2D eigenvalue weighted by molar-refractivity contribution is -0.146. The molecule has 0 fully saturated rings. The topological polar surface area (TPSA) is 52.6 Å². The Morgan fingerprint density at radius 1 is 0.500 bits per heavy atom. The van der Waals surface area contributed by atoms with E-state index >= 15 is 0 Å². The molecule has 0 saturated heterocycles. The van der Waals surface area contributed by atoms with E-state index in [1.807, 2.05) is 97.1 Å². The number of carbonyl (C=O) groups is 2. The van der Waals surface area contributed by atoms with Crippen molar-refractivity contribution in [3.63, 3.8) is 0 Å². The molecule has 0 saturated carbocycles. The first-order chi connectivity index (χ1) is 18.5. The summed E-state index contributed by atoms with van der Waals surface area (Å²) in [6.45, 7) is 0. The predicted octanol–water partition coefficient (Wildman–Crippen LogP) is 6.48. The lowest BCUT2D eigenvalue weighted by Gasteiger charge is -2.41. The van der Waals surface area contributed by atoms with Gasteiger partial charge >= 0.3 is 11.9 Å². The van der Waals surface area contributed by atoms with E-state index in [4.69, 9.17) is 9.47 Å². The van der Waals surface area contributed by atoms with Gasteiger partial charge in [-0.05, 0) is 68.1 Å². The average molecular weight is 499 g/mol.